The number of aromatic nitrogens is 1. The molecule has 4 N–H and O–H groups in total. The van der Waals surface area contributed by atoms with Crippen LogP contribution in [0.1, 0.15) is 28.8 Å². The molecule has 0 radical (unpaired) electrons. The first-order valence-corrected chi connectivity index (χ1v) is 11.9. The molecule has 3 aliphatic rings. The molecule has 1 saturated heterocycles. The number of pyridine rings is 1. The molecule has 0 unspecified atom stereocenters. The molecule has 0 amide bonds. The summed E-state index contributed by atoms with van der Waals surface area (Å²) in [6.07, 6.45) is 2.55. The molecule has 0 saturated carbocycles. The second-order valence-corrected chi connectivity index (χ2v) is 10.3. The minimum atomic E-state index is -0.997. The summed E-state index contributed by atoms with van der Waals surface area (Å²) in [7, 11) is 2.10. The SMILES string of the molecule is CN1CC[C@@]23Cc4nc5oc(-c6ccccc6)cc5c(N)c4C[C@@]2(O)[C@@H]1Cc1ccc(O)cc13. The fourth-order valence-corrected chi connectivity index (χ4v) is 6.94. The molecular weight excluding hydrogens is 426 g/mol. The number of hydrogen-bond donors (Lipinski definition) is 3. The Kier molecular flexibility index (Phi) is 3.90. The highest BCUT2D eigenvalue weighted by Gasteiger charge is 2.64. The van der Waals surface area contributed by atoms with Gasteiger partial charge in [-0.3, -0.25) is 0 Å². The average molecular weight is 454 g/mol. The number of aliphatic hydroxyl groups is 1. The highest BCUT2D eigenvalue weighted by Crippen LogP contribution is 2.57. The van der Waals surface area contributed by atoms with Crippen molar-refractivity contribution >= 4 is 16.8 Å². The van der Waals surface area contributed by atoms with Gasteiger partial charge in [-0.05, 0) is 55.8 Å². The number of nitrogens with zero attached hydrogens (tertiary/aromatic N) is 2. The molecule has 3 heterocycles. The van der Waals surface area contributed by atoms with Crippen molar-refractivity contribution in [2.24, 2.45) is 0 Å². The Labute approximate surface area is 197 Å². The molecular formula is C28H27N3O3. The van der Waals surface area contributed by atoms with Crippen LogP contribution >= 0.6 is 0 Å². The van der Waals surface area contributed by atoms with Crippen molar-refractivity contribution in [1.29, 1.82) is 0 Å². The Morgan fingerprint density at radius 3 is 2.76 bits per heavy atom. The van der Waals surface area contributed by atoms with E-state index in [0.29, 0.717) is 24.2 Å². The van der Waals surface area contributed by atoms with E-state index in [9.17, 15) is 10.2 Å². The quantitative estimate of drug-likeness (QED) is 0.406. The maximum atomic E-state index is 12.5. The van der Waals surface area contributed by atoms with Crippen molar-refractivity contribution in [1.82, 2.24) is 9.88 Å². The van der Waals surface area contributed by atoms with Crippen LogP contribution in [-0.2, 0) is 24.7 Å². The number of rotatable bonds is 1. The number of benzene rings is 2. The highest BCUT2D eigenvalue weighted by atomic mass is 16.3. The van der Waals surface area contributed by atoms with Crippen molar-refractivity contribution in [3.05, 3.63) is 77.0 Å². The number of nitrogen functional groups attached to an aromatic ring is 1. The average Bonchev–Trinajstić information content (AvgIpc) is 3.26. The second-order valence-electron chi connectivity index (χ2n) is 10.3. The summed E-state index contributed by atoms with van der Waals surface area (Å²) < 4.78 is 6.17. The van der Waals surface area contributed by atoms with E-state index >= 15 is 0 Å². The van der Waals surface area contributed by atoms with Crippen molar-refractivity contribution in [3.8, 4) is 17.1 Å². The van der Waals surface area contributed by atoms with Gasteiger partial charge in [-0.1, -0.05) is 36.4 Å². The number of likely N-dealkylation sites (N-methyl/N-ethyl adjacent to an activating group) is 1. The molecule has 6 nitrogen and oxygen atoms in total. The number of furan rings is 1. The predicted octanol–water partition coefficient (Wildman–Crippen LogP) is 3.81. The van der Waals surface area contributed by atoms with Gasteiger partial charge < -0.3 is 25.3 Å². The maximum absolute atomic E-state index is 12.5. The Hall–Kier alpha value is -3.35. The molecule has 3 atom stereocenters. The van der Waals surface area contributed by atoms with Gasteiger partial charge in [-0.15, -0.1) is 0 Å². The number of phenolic OH excluding ortho intramolecular Hbond substituents is 1. The second kappa shape index (κ2) is 6.62. The Morgan fingerprint density at radius 1 is 1.12 bits per heavy atom. The normalized spacial score (nSPS) is 27.8. The number of piperidine rings is 1. The molecule has 7 rings (SSSR count). The third kappa shape index (κ3) is 2.44. The number of aromatic hydroxyl groups is 1. The van der Waals surface area contributed by atoms with Crippen LogP contribution in [0.15, 0.2) is 59.0 Å². The van der Waals surface area contributed by atoms with Gasteiger partial charge in [-0.2, -0.15) is 0 Å². The zero-order valence-electron chi connectivity index (χ0n) is 19.1. The Morgan fingerprint density at radius 2 is 1.94 bits per heavy atom. The van der Waals surface area contributed by atoms with Gasteiger partial charge >= 0.3 is 0 Å². The number of phenols is 1. The number of anilines is 1. The van der Waals surface area contributed by atoms with Crippen LogP contribution in [0, 0.1) is 0 Å². The zero-order valence-corrected chi connectivity index (χ0v) is 19.1. The largest absolute Gasteiger partial charge is 0.508 e. The predicted molar refractivity (Wildman–Crippen MR) is 131 cm³/mol. The van der Waals surface area contributed by atoms with E-state index in [1.807, 2.05) is 48.5 Å². The minimum absolute atomic E-state index is 0.0224. The molecule has 2 bridgehead atoms. The molecule has 4 aromatic rings. The lowest BCUT2D eigenvalue weighted by Gasteiger charge is -2.63. The van der Waals surface area contributed by atoms with E-state index in [2.05, 4.69) is 11.9 Å². The molecule has 172 valence electrons. The summed E-state index contributed by atoms with van der Waals surface area (Å²) >= 11 is 0. The summed E-state index contributed by atoms with van der Waals surface area (Å²) in [5.41, 5.74) is 11.5. The Balaban J connectivity index is 1.45. The fourth-order valence-electron chi connectivity index (χ4n) is 6.94. The molecule has 1 fully saturated rings. The molecule has 2 aromatic carbocycles. The van der Waals surface area contributed by atoms with Crippen LogP contribution in [0.2, 0.25) is 0 Å². The van der Waals surface area contributed by atoms with Crippen LogP contribution < -0.4 is 5.73 Å². The number of hydrogen-bond acceptors (Lipinski definition) is 6. The number of fused-ring (bicyclic) bond motifs is 3. The van der Waals surface area contributed by atoms with Crippen molar-refractivity contribution in [3.63, 3.8) is 0 Å². The lowest BCUT2D eigenvalue weighted by molar-refractivity contribution is -0.145. The van der Waals surface area contributed by atoms with E-state index in [-0.39, 0.29) is 11.8 Å². The van der Waals surface area contributed by atoms with Crippen LogP contribution in [0.5, 0.6) is 5.75 Å². The Bertz CT molecular complexity index is 1460. The lowest BCUT2D eigenvalue weighted by atomic mass is 9.49. The molecule has 2 aliphatic carbocycles. The van der Waals surface area contributed by atoms with Crippen LogP contribution in [0.25, 0.3) is 22.4 Å². The van der Waals surface area contributed by atoms with Gasteiger partial charge in [0, 0.05) is 41.1 Å². The van der Waals surface area contributed by atoms with E-state index in [4.69, 9.17) is 15.1 Å². The molecule has 1 aliphatic heterocycles. The van der Waals surface area contributed by atoms with Gasteiger partial charge in [0.1, 0.15) is 11.5 Å². The first-order valence-electron chi connectivity index (χ1n) is 11.9. The van der Waals surface area contributed by atoms with Gasteiger partial charge in [0.2, 0.25) is 5.71 Å². The van der Waals surface area contributed by atoms with Crippen LogP contribution in [0.3, 0.4) is 0 Å². The van der Waals surface area contributed by atoms with Crippen LogP contribution in [0.4, 0.5) is 5.69 Å². The van der Waals surface area contributed by atoms with Crippen molar-refractivity contribution in [2.75, 3.05) is 19.3 Å². The van der Waals surface area contributed by atoms with Gasteiger partial charge in [0.05, 0.1) is 16.7 Å². The van der Waals surface area contributed by atoms with Gasteiger partial charge in [0.15, 0.2) is 0 Å². The fraction of sp³-hybridized carbons (Fsp3) is 0.321. The first-order chi connectivity index (χ1) is 16.4. The van der Waals surface area contributed by atoms with E-state index in [1.54, 1.807) is 6.07 Å². The molecule has 0 spiro atoms. The van der Waals surface area contributed by atoms with Crippen molar-refractivity contribution in [2.45, 2.75) is 42.7 Å². The van der Waals surface area contributed by atoms with Gasteiger partial charge in [-0.25, -0.2) is 4.98 Å². The highest BCUT2D eigenvalue weighted by molar-refractivity contribution is 5.92. The molecule has 34 heavy (non-hydrogen) atoms. The third-order valence-corrected chi connectivity index (χ3v) is 8.71. The van der Waals surface area contributed by atoms with Crippen LogP contribution in [-0.4, -0.2) is 45.3 Å². The lowest BCUT2D eigenvalue weighted by Crippen LogP contribution is -2.73. The summed E-state index contributed by atoms with van der Waals surface area (Å²) in [6, 6.07) is 17.5. The topological polar surface area (TPSA) is 95.8 Å². The molecule has 6 heteroatoms. The van der Waals surface area contributed by atoms with E-state index in [0.717, 1.165) is 52.9 Å². The van der Waals surface area contributed by atoms with Crippen molar-refractivity contribution < 1.29 is 14.6 Å². The third-order valence-electron chi connectivity index (χ3n) is 8.71. The zero-order chi connectivity index (χ0) is 23.2. The summed E-state index contributed by atoms with van der Waals surface area (Å²) in [5.74, 6) is 0.972. The smallest absolute Gasteiger partial charge is 0.229 e. The summed E-state index contributed by atoms with van der Waals surface area (Å²) in [4.78, 5) is 7.25. The van der Waals surface area contributed by atoms with E-state index in [1.165, 1.54) is 5.56 Å². The van der Waals surface area contributed by atoms with E-state index < -0.39 is 11.0 Å². The van der Waals surface area contributed by atoms with Gasteiger partial charge in [0.25, 0.3) is 0 Å². The number of likely N-dealkylation sites (tertiary alicyclic amines) is 1. The maximum Gasteiger partial charge on any atom is 0.229 e. The number of nitrogens with two attached hydrogens (primary N) is 1. The minimum Gasteiger partial charge on any atom is -0.508 e. The molecule has 2 aromatic heterocycles. The summed E-state index contributed by atoms with van der Waals surface area (Å²) in [5, 5.41) is 23.6. The monoisotopic (exact) mass is 453 g/mol. The standard InChI is InChI=1S/C28H27N3O3/c1-31-10-9-27-15-22-20(14-28(27,33)24(31)11-17-7-8-18(32)12-21(17)27)25(29)19-13-23(34-26(19)30-22)16-5-3-2-4-6-16/h2-8,12-13,24,32-33H,9-11,14-15H2,1H3,(H2,29,30)/t24-,27-,28+/m0/s1. The summed E-state index contributed by atoms with van der Waals surface area (Å²) in [6.45, 7) is 0.883. The first kappa shape index (κ1) is 20.1.